The van der Waals surface area contributed by atoms with Crippen LogP contribution in [0.2, 0.25) is 0 Å². The number of anilines is 1. The number of nitrogens with one attached hydrogen (secondary N) is 1. The van der Waals surface area contributed by atoms with Gasteiger partial charge in [-0.2, -0.15) is 5.10 Å². The van der Waals surface area contributed by atoms with Crippen LogP contribution in [-0.4, -0.2) is 38.0 Å². The Morgan fingerprint density at radius 3 is 2.94 bits per heavy atom. The quantitative estimate of drug-likeness (QED) is 0.806. The first-order chi connectivity index (χ1) is 8.20. The summed E-state index contributed by atoms with van der Waals surface area (Å²) in [5.74, 6) is -0.0843. The van der Waals surface area contributed by atoms with Gasteiger partial charge in [-0.05, 0) is 0 Å². The van der Waals surface area contributed by atoms with Crippen molar-refractivity contribution in [3.63, 3.8) is 0 Å². The lowest BCUT2D eigenvalue weighted by Gasteiger charge is -2.05. The standard InChI is InChI=1S/C10H12FN5O/c1-16-6-7(4-14-16)9-13-5-8(11)10(15-9)12-2-3-17/h4-6,17H,2-3H2,1H3,(H,12,13,15). The number of hydrogen-bond acceptors (Lipinski definition) is 5. The summed E-state index contributed by atoms with van der Waals surface area (Å²) in [6.45, 7) is 0.145. The van der Waals surface area contributed by atoms with E-state index >= 15 is 0 Å². The lowest BCUT2D eigenvalue weighted by atomic mass is 10.3. The first-order valence-corrected chi connectivity index (χ1v) is 5.07. The zero-order chi connectivity index (χ0) is 12.3. The number of aliphatic hydroxyl groups excluding tert-OH is 1. The van der Waals surface area contributed by atoms with Gasteiger partial charge < -0.3 is 10.4 Å². The van der Waals surface area contributed by atoms with E-state index in [0.29, 0.717) is 11.4 Å². The molecule has 0 saturated heterocycles. The Bertz CT molecular complexity index is 513. The summed E-state index contributed by atoms with van der Waals surface area (Å²) in [6, 6.07) is 0. The fourth-order valence-electron chi connectivity index (χ4n) is 1.34. The molecule has 0 amide bonds. The highest BCUT2D eigenvalue weighted by molar-refractivity contribution is 5.54. The lowest BCUT2D eigenvalue weighted by Crippen LogP contribution is -2.09. The minimum atomic E-state index is -0.550. The molecule has 17 heavy (non-hydrogen) atoms. The van der Waals surface area contributed by atoms with Crippen LogP contribution in [0.4, 0.5) is 10.2 Å². The van der Waals surface area contributed by atoms with Crippen molar-refractivity contribution < 1.29 is 9.50 Å². The maximum atomic E-state index is 13.3. The molecule has 0 atom stereocenters. The third-order valence-corrected chi connectivity index (χ3v) is 2.11. The Morgan fingerprint density at radius 1 is 1.47 bits per heavy atom. The van der Waals surface area contributed by atoms with Gasteiger partial charge in [-0.25, -0.2) is 14.4 Å². The fraction of sp³-hybridized carbons (Fsp3) is 0.300. The van der Waals surface area contributed by atoms with E-state index in [1.165, 1.54) is 0 Å². The van der Waals surface area contributed by atoms with Crippen LogP contribution in [0, 0.1) is 5.82 Å². The minimum Gasteiger partial charge on any atom is -0.395 e. The third-order valence-electron chi connectivity index (χ3n) is 2.11. The molecule has 0 bridgehead atoms. The highest BCUT2D eigenvalue weighted by Crippen LogP contribution is 2.17. The summed E-state index contributed by atoms with van der Waals surface area (Å²) in [7, 11) is 1.78. The van der Waals surface area contributed by atoms with Crippen molar-refractivity contribution in [2.24, 2.45) is 7.05 Å². The van der Waals surface area contributed by atoms with Crippen LogP contribution < -0.4 is 5.32 Å². The van der Waals surface area contributed by atoms with Gasteiger partial charge in [0.15, 0.2) is 17.5 Å². The smallest absolute Gasteiger partial charge is 0.183 e. The van der Waals surface area contributed by atoms with Gasteiger partial charge in [-0.3, -0.25) is 4.68 Å². The first-order valence-electron chi connectivity index (χ1n) is 5.07. The summed E-state index contributed by atoms with van der Waals surface area (Å²) in [4.78, 5) is 7.92. The molecular formula is C10H12FN5O. The molecule has 2 N–H and O–H groups in total. The number of hydrogen-bond donors (Lipinski definition) is 2. The van der Waals surface area contributed by atoms with E-state index in [9.17, 15) is 4.39 Å². The monoisotopic (exact) mass is 237 g/mol. The molecule has 0 aliphatic heterocycles. The summed E-state index contributed by atoms with van der Waals surface area (Å²) < 4.78 is 14.9. The van der Waals surface area contributed by atoms with Crippen molar-refractivity contribution in [2.75, 3.05) is 18.5 Å². The van der Waals surface area contributed by atoms with Crippen molar-refractivity contribution >= 4 is 5.82 Å². The number of aryl methyl sites for hydroxylation is 1. The molecule has 90 valence electrons. The Kier molecular flexibility index (Phi) is 3.29. The van der Waals surface area contributed by atoms with Crippen LogP contribution in [0.15, 0.2) is 18.6 Å². The maximum absolute atomic E-state index is 13.3. The predicted octanol–water partition coefficient (Wildman–Crippen LogP) is 0.420. The molecule has 0 fully saturated rings. The average Bonchev–Trinajstić information content (AvgIpc) is 2.75. The Hall–Kier alpha value is -2.02. The Balaban J connectivity index is 2.30. The molecule has 0 spiro atoms. The molecule has 0 aliphatic carbocycles. The van der Waals surface area contributed by atoms with Crippen molar-refractivity contribution in [3.8, 4) is 11.4 Å². The second kappa shape index (κ2) is 4.88. The highest BCUT2D eigenvalue weighted by Gasteiger charge is 2.09. The second-order valence-electron chi connectivity index (χ2n) is 3.44. The van der Waals surface area contributed by atoms with Crippen LogP contribution in [0.25, 0.3) is 11.4 Å². The van der Waals surface area contributed by atoms with E-state index in [-0.39, 0.29) is 19.0 Å². The molecule has 0 unspecified atom stereocenters. The van der Waals surface area contributed by atoms with Crippen molar-refractivity contribution in [3.05, 3.63) is 24.4 Å². The van der Waals surface area contributed by atoms with E-state index in [1.54, 1.807) is 24.1 Å². The van der Waals surface area contributed by atoms with Crippen LogP contribution in [0.3, 0.4) is 0 Å². The van der Waals surface area contributed by atoms with Gasteiger partial charge in [0.25, 0.3) is 0 Å². The lowest BCUT2D eigenvalue weighted by molar-refractivity contribution is 0.310. The second-order valence-corrected chi connectivity index (χ2v) is 3.44. The van der Waals surface area contributed by atoms with E-state index in [2.05, 4.69) is 20.4 Å². The number of rotatable bonds is 4. The van der Waals surface area contributed by atoms with Gasteiger partial charge in [-0.1, -0.05) is 0 Å². The zero-order valence-electron chi connectivity index (χ0n) is 9.26. The summed E-state index contributed by atoms with van der Waals surface area (Å²) in [6.07, 6.45) is 4.43. The molecule has 2 aromatic rings. The normalized spacial score (nSPS) is 10.5. The first kappa shape index (κ1) is 11.5. The van der Waals surface area contributed by atoms with Crippen LogP contribution in [-0.2, 0) is 7.05 Å². The van der Waals surface area contributed by atoms with Gasteiger partial charge >= 0.3 is 0 Å². The molecular weight excluding hydrogens is 225 g/mol. The van der Waals surface area contributed by atoms with E-state index in [1.807, 2.05) is 0 Å². The van der Waals surface area contributed by atoms with Gasteiger partial charge in [-0.15, -0.1) is 0 Å². The number of nitrogens with zero attached hydrogens (tertiary/aromatic N) is 4. The number of halogens is 1. The number of aromatic nitrogens is 4. The molecule has 0 saturated carbocycles. The summed E-state index contributed by atoms with van der Waals surface area (Å²) in [5, 5.41) is 15.3. The van der Waals surface area contributed by atoms with Gasteiger partial charge in [0.05, 0.1) is 24.6 Å². The van der Waals surface area contributed by atoms with Gasteiger partial charge in [0.2, 0.25) is 0 Å². The van der Waals surface area contributed by atoms with Crippen molar-refractivity contribution in [1.29, 1.82) is 0 Å². The van der Waals surface area contributed by atoms with Crippen molar-refractivity contribution in [2.45, 2.75) is 0 Å². The average molecular weight is 237 g/mol. The van der Waals surface area contributed by atoms with Crippen molar-refractivity contribution in [1.82, 2.24) is 19.7 Å². The summed E-state index contributed by atoms with van der Waals surface area (Å²) in [5.41, 5.74) is 0.708. The fourth-order valence-corrected chi connectivity index (χ4v) is 1.34. The molecule has 2 aromatic heterocycles. The molecule has 2 rings (SSSR count). The molecule has 2 heterocycles. The molecule has 6 nitrogen and oxygen atoms in total. The minimum absolute atomic E-state index is 0.0768. The van der Waals surface area contributed by atoms with Gasteiger partial charge in [0, 0.05) is 19.8 Å². The van der Waals surface area contributed by atoms with Crippen LogP contribution in [0.1, 0.15) is 0 Å². The topological polar surface area (TPSA) is 75.9 Å². The third kappa shape index (κ3) is 2.56. The van der Waals surface area contributed by atoms with E-state index < -0.39 is 5.82 Å². The molecule has 0 radical (unpaired) electrons. The Morgan fingerprint density at radius 2 is 2.29 bits per heavy atom. The van der Waals surface area contributed by atoms with Gasteiger partial charge in [0.1, 0.15) is 0 Å². The largest absolute Gasteiger partial charge is 0.395 e. The number of aliphatic hydroxyl groups is 1. The van der Waals surface area contributed by atoms with Crippen LogP contribution in [0.5, 0.6) is 0 Å². The molecule has 0 aromatic carbocycles. The maximum Gasteiger partial charge on any atom is 0.183 e. The highest BCUT2D eigenvalue weighted by atomic mass is 19.1. The van der Waals surface area contributed by atoms with E-state index in [0.717, 1.165) is 6.20 Å². The van der Waals surface area contributed by atoms with E-state index in [4.69, 9.17) is 5.11 Å². The molecule has 0 aliphatic rings. The SMILES string of the molecule is Cn1cc(-c2ncc(F)c(NCCO)n2)cn1. The molecule has 7 heteroatoms. The zero-order valence-corrected chi connectivity index (χ0v) is 9.26. The van der Waals surface area contributed by atoms with Crippen LogP contribution >= 0.6 is 0 Å². The predicted molar refractivity (Wildman–Crippen MR) is 59.8 cm³/mol. The summed E-state index contributed by atoms with van der Waals surface area (Å²) >= 11 is 0. The Labute approximate surface area is 97.1 Å².